The van der Waals surface area contributed by atoms with E-state index in [9.17, 15) is 10.2 Å². The van der Waals surface area contributed by atoms with Gasteiger partial charge in [-0.2, -0.15) is 0 Å². The molecule has 0 aliphatic rings. The van der Waals surface area contributed by atoms with Gasteiger partial charge in [-0.3, -0.25) is 4.57 Å². The molecule has 0 saturated carbocycles. The number of aromatic nitrogens is 4. The molecule has 4 rings (SSSR count). The first-order chi connectivity index (χ1) is 13.4. The van der Waals surface area contributed by atoms with Crippen LogP contribution in [0.15, 0.2) is 41.7 Å². The lowest BCUT2D eigenvalue weighted by atomic mass is 10.0. The topological polar surface area (TPSA) is 76.1 Å². The number of benzene rings is 2. The van der Waals surface area contributed by atoms with Gasteiger partial charge in [-0.25, -0.2) is 9.97 Å². The lowest BCUT2D eigenvalue weighted by Gasteiger charge is -2.14. The third kappa shape index (κ3) is 2.82. The first kappa shape index (κ1) is 18.4. The van der Waals surface area contributed by atoms with E-state index in [0.29, 0.717) is 22.8 Å². The van der Waals surface area contributed by atoms with Crippen LogP contribution in [0.3, 0.4) is 0 Å². The lowest BCUT2D eigenvalue weighted by Crippen LogP contribution is -2.00. The Morgan fingerprint density at radius 2 is 1.86 bits per heavy atom. The van der Waals surface area contributed by atoms with Crippen LogP contribution in [0.5, 0.6) is 11.5 Å². The Labute approximate surface area is 168 Å². The summed E-state index contributed by atoms with van der Waals surface area (Å²) < 4.78 is 4.04. The minimum absolute atomic E-state index is 0.000272. The van der Waals surface area contributed by atoms with Crippen molar-refractivity contribution in [3.05, 3.63) is 47.9 Å². The smallest absolute Gasteiger partial charge is 0.169 e. The van der Waals surface area contributed by atoms with E-state index in [4.69, 9.17) is 0 Å². The molecule has 0 aliphatic heterocycles. The Morgan fingerprint density at radius 3 is 2.57 bits per heavy atom. The van der Waals surface area contributed by atoms with Gasteiger partial charge in [-0.05, 0) is 50.1 Å². The van der Waals surface area contributed by atoms with Gasteiger partial charge in [0.1, 0.15) is 17.3 Å². The fourth-order valence-corrected chi connectivity index (χ4v) is 3.95. The van der Waals surface area contributed by atoms with E-state index in [1.165, 1.54) is 6.07 Å². The largest absolute Gasteiger partial charge is 0.508 e. The average molecular weight is 395 g/mol. The van der Waals surface area contributed by atoms with E-state index in [1.54, 1.807) is 12.3 Å². The number of thiol groups is 1. The first-order valence-corrected chi connectivity index (χ1v) is 9.68. The van der Waals surface area contributed by atoms with E-state index in [1.807, 2.05) is 30.5 Å². The molecule has 0 unspecified atom stereocenters. The van der Waals surface area contributed by atoms with Gasteiger partial charge in [-0.1, -0.05) is 6.92 Å². The fraction of sp³-hybridized carbons (Fsp3) is 0.238. The molecule has 6 nitrogen and oxygen atoms in total. The van der Waals surface area contributed by atoms with Crippen LogP contribution in [0, 0.1) is 6.92 Å². The van der Waals surface area contributed by atoms with E-state index < -0.39 is 0 Å². The molecule has 4 aromatic rings. The molecular weight excluding hydrogens is 372 g/mol. The summed E-state index contributed by atoms with van der Waals surface area (Å²) in [6.07, 6.45) is 2.34. The number of aromatic hydroxyl groups is 2. The number of aryl methyl sites for hydroxylation is 3. The number of fused-ring (bicyclic) bond motifs is 1. The quantitative estimate of drug-likeness (QED) is 0.446. The molecule has 0 bridgehead atoms. The van der Waals surface area contributed by atoms with E-state index in [0.717, 1.165) is 34.7 Å². The van der Waals surface area contributed by atoms with E-state index in [2.05, 4.69) is 40.2 Å². The molecule has 0 fully saturated rings. The van der Waals surface area contributed by atoms with E-state index >= 15 is 0 Å². The van der Waals surface area contributed by atoms with Gasteiger partial charge in [0.25, 0.3) is 0 Å². The van der Waals surface area contributed by atoms with Crippen molar-refractivity contribution in [2.24, 2.45) is 0 Å². The average Bonchev–Trinajstić information content (AvgIpc) is 3.20. The summed E-state index contributed by atoms with van der Waals surface area (Å²) in [5.74, 6) is 1.06. The molecule has 0 spiro atoms. The number of phenols is 2. The maximum atomic E-state index is 10.5. The molecule has 2 heterocycles. The zero-order valence-corrected chi connectivity index (χ0v) is 16.9. The van der Waals surface area contributed by atoms with Gasteiger partial charge in [0.2, 0.25) is 0 Å². The van der Waals surface area contributed by atoms with Gasteiger partial charge in [0.15, 0.2) is 5.16 Å². The predicted octanol–water partition coefficient (Wildman–Crippen LogP) is 4.48. The first-order valence-electron chi connectivity index (χ1n) is 9.23. The van der Waals surface area contributed by atoms with Crippen molar-refractivity contribution in [3.8, 4) is 28.4 Å². The number of imidazole rings is 2. The van der Waals surface area contributed by atoms with Gasteiger partial charge in [0.05, 0.1) is 28.6 Å². The van der Waals surface area contributed by atoms with Crippen molar-refractivity contribution in [1.29, 1.82) is 0 Å². The Hall–Kier alpha value is -2.93. The van der Waals surface area contributed by atoms with Crippen LogP contribution in [0.4, 0.5) is 0 Å². The van der Waals surface area contributed by atoms with Gasteiger partial charge in [-0.15, -0.1) is 12.6 Å². The second-order valence-electron chi connectivity index (χ2n) is 6.71. The highest BCUT2D eigenvalue weighted by molar-refractivity contribution is 7.80. The summed E-state index contributed by atoms with van der Waals surface area (Å²) in [6.45, 7) is 6.87. The highest BCUT2D eigenvalue weighted by Crippen LogP contribution is 2.37. The second-order valence-corrected chi connectivity index (χ2v) is 7.11. The van der Waals surface area contributed by atoms with Crippen LogP contribution in [-0.2, 0) is 13.0 Å². The molecule has 0 saturated heterocycles. The van der Waals surface area contributed by atoms with Crippen molar-refractivity contribution in [3.63, 3.8) is 0 Å². The Kier molecular flexibility index (Phi) is 4.55. The fourth-order valence-electron chi connectivity index (χ4n) is 3.67. The molecule has 28 heavy (non-hydrogen) atoms. The monoisotopic (exact) mass is 394 g/mol. The summed E-state index contributed by atoms with van der Waals surface area (Å²) in [6, 6.07) is 9.18. The normalized spacial score (nSPS) is 11.4. The molecule has 2 aromatic heterocycles. The van der Waals surface area contributed by atoms with Crippen molar-refractivity contribution in [2.45, 2.75) is 38.9 Å². The third-order valence-corrected chi connectivity index (χ3v) is 5.41. The number of nitrogens with zero attached hydrogens (tertiary/aromatic N) is 4. The van der Waals surface area contributed by atoms with Crippen LogP contribution in [0.2, 0.25) is 0 Å². The number of hydrogen-bond donors (Lipinski definition) is 3. The summed E-state index contributed by atoms with van der Waals surface area (Å²) in [5.41, 5.74) is 4.92. The molecule has 0 amide bonds. The maximum Gasteiger partial charge on any atom is 0.169 e. The van der Waals surface area contributed by atoms with E-state index in [-0.39, 0.29) is 11.5 Å². The SMILES string of the molecule is CCc1cc(-c2cnc(S)n2-c2ccc3nc(C)n(CC)c3c2)c(O)cc1O. The van der Waals surface area contributed by atoms with Gasteiger partial charge in [0, 0.05) is 18.2 Å². The maximum absolute atomic E-state index is 10.5. The number of rotatable bonds is 4. The summed E-state index contributed by atoms with van der Waals surface area (Å²) in [4.78, 5) is 8.95. The van der Waals surface area contributed by atoms with Crippen LogP contribution >= 0.6 is 12.6 Å². The Balaban J connectivity index is 1.94. The van der Waals surface area contributed by atoms with Crippen molar-refractivity contribution in [2.75, 3.05) is 0 Å². The summed E-state index contributed by atoms with van der Waals surface area (Å²) >= 11 is 4.53. The second kappa shape index (κ2) is 6.91. The third-order valence-electron chi connectivity index (χ3n) is 5.09. The van der Waals surface area contributed by atoms with Crippen molar-refractivity contribution in [1.82, 2.24) is 19.1 Å². The minimum atomic E-state index is -0.000272. The summed E-state index contributed by atoms with van der Waals surface area (Å²) in [5, 5.41) is 21.0. The zero-order valence-electron chi connectivity index (χ0n) is 16.0. The molecule has 0 radical (unpaired) electrons. The molecule has 0 atom stereocenters. The highest BCUT2D eigenvalue weighted by Gasteiger charge is 2.18. The van der Waals surface area contributed by atoms with Gasteiger partial charge < -0.3 is 14.8 Å². The molecule has 2 aromatic carbocycles. The molecular formula is C21H22N4O2S. The standard InChI is InChI=1S/C21H22N4O2S/c1-4-13-8-15(20(27)10-19(13)26)18-11-22-21(28)25(18)14-6-7-16-17(9-14)24(5-2)12(3)23-16/h6-11,26-27H,4-5H2,1-3H3,(H,22,28). The Bertz CT molecular complexity index is 1190. The molecule has 144 valence electrons. The predicted molar refractivity (Wildman–Crippen MR) is 113 cm³/mol. The minimum Gasteiger partial charge on any atom is -0.508 e. The zero-order chi connectivity index (χ0) is 20.0. The highest BCUT2D eigenvalue weighted by atomic mass is 32.1. The molecule has 7 heteroatoms. The lowest BCUT2D eigenvalue weighted by molar-refractivity contribution is 0.447. The van der Waals surface area contributed by atoms with Crippen LogP contribution in [0.25, 0.3) is 28.0 Å². The van der Waals surface area contributed by atoms with Crippen LogP contribution in [0.1, 0.15) is 25.2 Å². The van der Waals surface area contributed by atoms with Crippen molar-refractivity contribution < 1.29 is 10.2 Å². The van der Waals surface area contributed by atoms with Crippen LogP contribution in [-0.4, -0.2) is 29.3 Å². The Morgan fingerprint density at radius 1 is 1.07 bits per heavy atom. The molecule has 2 N–H and O–H groups in total. The van der Waals surface area contributed by atoms with Crippen molar-refractivity contribution >= 4 is 23.7 Å². The van der Waals surface area contributed by atoms with Gasteiger partial charge >= 0.3 is 0 Å². The number of hydrogen-bond acceptors (Lipinski definition) is 5. The van der Waals surface area contributed by atoms with Crippen LogP contribution < -0.4 is 0 Å². The molecule has 0 aliphatic carbocycles. The number of phenolic OH excluding ortho intramolecular Hbond substituents is 2. The summed E-state index contributed by atoms with van der Waals surface area (Å²) in [7, 11) is 0.